The predicted octanol–water partition coefficient (Wildman–Crippen LogP) is 4.04. The summed E-state index contributed by atoms with van der Waals surface area (Å²) in [6.45, 7) is 0.267. The Bertz CT molecular complexity index is 941. The van der Waals surface area contributed by atoms with E-state index in [1.54, 1.807) is 30.3 Å². The molecule has 27 heavy (non-hydrogen) atoms. The Labute approximate surface area is 160 Å². The zero-order valence-electron chi connectivity index (χ0n) is 14.7. The Kier molecular flexibility index (Phi) is 5.87. The third-order valence-electron chi connectivity index (χ3n) is 3.70. The molecule has 2 aromatic carbocycles. The maximum Gasteiger partial charge on any atom is 0.249 e. The highest BCUT2D eigenvalue weighted by molar-refractivity contribution is 6.32. The molecule has 0 atom stereocenters. The van der Waals surface area contributed by atoms with Crippen LogP contribution in [0.2, 0.25) is 5.02 Å². The second-order valence-electron chi connectivity index (χ2n) is 5.42. The number of hydrogen-bond acceptors (Lipinski definition) is 7. The monoisotopic (exact) mass is 389 g/mol. The number of benzene rings is 2. The fraction of sp³-hybridized carbons (Fsp3) is 0.167. The molecule has 0 saturated heterocycles. The zero-order valence-corrected chi connectivity index (χ0v) is 15.4. The van der Waals surface area contributed by atoms with Crippen molar-refractivity contribution >= 4 is 29.1 Å². The molecule has 0 radical (unpaired) electrons. The summed E-state index contributed by atoms with van der Waals surface area (Å²) in [5.41, 5.74) is 1.08. The van der Waals surface area contributed by atoms with Crippen LogP contribution in [0.5, 0.6) is 11.5 Å². The number of hydrogen-bond donors (Lipinski definition) is 2. The number of rotatable bonds is 7. The summed E-state index contributed by atoms with van der Waals surface area (Å²) in [5.74, 6) is 1.35. The molecule has 9 heteroatoms. The van der Waals surface area contributed by atoms with E-state index < -0.39 is 0 Å². The van der Waals surface area contributed by atoms with E-state index >= 15 is 0 Å². The largest absolute Gasteiger partial charge is 0.495 e. The van der Waals surface area contributed by atoms with Gasteiger partial charge in [-0.2, -0.15) is 10.1 Å². The third kappa shape index (κ3) is 4.53. The fourth-order valence-corrected chi connectivity index (χ4v) is 2.58. The number of nitrogens with one attached hydrogen (secondary N) is 2. The van der Waals surface area contributed by atoms with Crippen LogP contribution in [0.3, 0.4) is 0 Å². The van der Waals surface area contributed by atoms with Gasteiger partial charge in [0, 0.05) is 24.2 Å². The maximum atomic E-state index is 13.7. The van der Waals surface area contributed by atoms with Gasteiger partial charge in [-0.05, 0) is 6.07 Å². The van der Waals surface area contributed by atoms with E-state index in [4.69, 9.17) is 21.1 Å². The van der Waals surface area contributed by atoms with Gasteiger partial charge >= 0.3 is 0 Å². The number of nitrogens with zero attached hydrogens (tertiary/aromatic N) is 3. The van der Waals surface area contributed by atoms with Crippen LogP contribution >= 0.6 is 11.6 Å². The minimum Gasteiger partial charge on any atom is -0.495 e. The molecule has 0 amide bonds. The number of ether oxygens (including phenoxy) is 2. The summed E-state index contributed by atoms with van der Waals surface area (Å²) in [5, 5.41) is 14.3. The number of aromatic nitrogens is 3. The van der Waals surface area contributed by atoms with Crippen molar-refractivity contribution < 1.29 is 13.9 Å². The molecule has 0 aliphatic heterocycles. The first kappa shape index (κ1) is 18.7. The molecule has 0 bridgehead atoms. The van der Waals surface area contributed by atoms with Gasteiger partial charge in [-0.3, -0.25) is 0 Å². The summed E-state index contributed by atoms with van der Waals surface area (Å²) in [6.07, 6.45) is 1.45. The molecule has 0 spiro atoms. The highest BCUT2D eigenvalue weighted by Gasteiger charge is 2.12. The first-order valence-corrected chi connectivity index (χ1v) is 8.34. The van der Waals surface area contributed by atoms with Gasteiger partial charge in [-0.25, -0.2) is 4.39 Å². The Balaban J connectivity index is 1.77. The molecule has 1 heterocycles. The smallest absolute Gasteiger partial charge is 0.249 e. The minimum atomic E-state index is -0.289. The van der Waals surface area contributed by atoms with Crippen LogP contribution in [0.1, 0.15) is 5.56 Å². The minimum absolute atomic E-state index is 0.233. The first-order valence-electron chi connectivity index (χ1n) is 7.96. The van der Waals surface area contributed by atoms with Gasteiger partial charge in [0.15, 0.2) is 5.82 Å². The van der Waals surface area contributed by atoms with E-state index in [-0.39, 0.29) is 18.3 Å². The summed E-state index contributed by atoms with van der Waals surface area (Å²) in [7, 11) is 3.04. The van der Waals surface area contributed by atoms with Crippen molar-refractivity contribution in [3.63, 3.8) is 0 Å². The lowest BCUT2D eigenvalue weighted by atomic mass is 10.2. The summed E-state index contributed by atoms with van der Waals surface area (Å²) in [4.78, 5) is 4.32. The second-order valence-corrected chi connectivity index (χ2v) is 5.83. The van der Waals surface area contributed by atoms with E-state index in [0.717, 1.165) is 0 Å². The van der Waals surface area contributed by atoms with Crippen LogP contribution in [-0.4, -0.2) is 29.4 Å². The summed E-state index contributed by atoms with van der Waals surface area (Å²) in [6, 6.07) is 9.80. The van der Waals surface area contributed by atoms with Crippen LogP contribution in [0, 0.1) is 5.82 Å². The molecule has 2 N–H and O–H groups in total. The van der Waals surface area contributed by atoms with Crippen molar-refractivity contribution in [1.29, 1.82) is 0 Å². The fourth-order valence-electron chi connectivity index (χ4n) is 2.35. The molecular weight excluding hydrogens is 373 g/mol. The topological polar surface area (TPSA) is 81.2 Å². The van der Waals surface area contributed by atoms with Crippen molar-refractivity contribution in [3.8, 4) is 11.5 Å². The molecule has 0 saturated carbocycles. The van der Waals surface area contributed by atoms with Crippen LogP contribution in [0.4, 0.5) is 21.8 Å². The SMILES string of the molecule is COc1cc(Nc2nncc(NCc3ccccc3F)n2)c(OC)cc1Cl. The van der Waals surface area contributed by atoms with Gasteiger partial charge < -0.3 is 20.1 Å². The number of halogens is 2. The van der Waals surface area contributed by atoms with E-state index in [0.29, 0.717) is 33.6 Å². The standard InChI is InChI=1S/C18H17ClFN5O2/c1-26-15-8-14(16(27-2)7-12(15)19)23-18-24-17(10-22-25-18)21-9-11-5-3-4-6-13(11)20/h3-8,10H,9H2,1-2H3,(H2,21,23,24,25). The van der Waals surface area contributed by atoms with Crippen LogP contribution < -0.4 is 20.1 Å². The molecule has 3 rings (SSSR count). The quantitative estimate of drug-likeness (QED) is 0.631. The van der Waals surface area contributed by atoms with Gasteiger partial charge in [-0.15, -0.1) is 5.10 Å². The Morgan fingerprint density at radius 1 is 1.11 bits per heavy atom. The summed E-state index contributed by atoms with van der Waals surface area (Å²) >= 11 is 6.10. The average Bonchev–Trinajstić information content (AvgIpc) is 2.68. The number of anilines is 3. The van der Waals surface area contributed by atoms with Gasteiger partial charge in [0.25, 0.3) is 0 Å². The molecule has 3 aromatic rings. The zero-order chi connectivity index (χ0) is 19.2. The Hall–Kier alpha value is -3.13. The molecule has 7 nitrogen and oxygen atoms in total. The lowest BCUT2D eigenvalue weighted by Crippen LogP contribution is -2.07. The lowest BCUT2D eigenvalue weighted by molar-refractivity contribution is 0.405. The molecule has 1 aromatic heterocycles. The Morgan fingerprint density at radius 3 is 2.63 bits per heavy atom. The van der Waals surface area contributed by atoms with Crippen molar-refractivity contribution in [2.75, 3.05) is 24.9 Å². The van der Waals surface area contributed by atoms with Gasteiger partial charge in [0.2, 0.25) is 5.95 Å². The van der Waals surface area contributed by atoms with Gasteiger partial charge in [-0.1, -0.05) is 29.8 Å². The molecule has 0 unspecified atom stereocenters. The molecular formula is C18H17ClFN5O2. The highest BCUT2D eigenvalue weighted by atomic mass is 35.5. The normalized spacial score (nSPS) is 10.4. The van der Waals surface area contributed by atoms with Gasteiger partial charge in [0.05, 0.1) is 31.1 Å². The van der Waals surface area contributed by atoms with Crippen LogP contribution in [0.25, 0.3) is 0 Å². The Morgan fingerprint density at radius 2 is 1.89 bits per heavy atom. The van der Waals surface area contributed by atoms with Crippen molar-refractivity contribution in [2.45, 2.75) is 6.54 Å². The van der Waals surface area contributed by atoms with Gasteiger partial charge in [0.1, 0.15) is 17.3 Å². The maximum absolute atomic E-state index is 13.7. The van der Waals surface area contributed by atoms with E-state index in [1.807, 2.05) is 0 Å². The second kappa shape index (κ2) is 8.50. The highest BCUT2D eigenvalue weighted by Crippen LogP contribution is 2.36. The lowest BCUT2D eigenvalue weighted by Gasteiger charge is -2.13. The van der Waals surface area contributed by atoms with E-state index in [2.05, 4.69) is 25.8 Å². The molecule has 0 fully saturated rings. The molecule has 0 aliphatic carbocycles. The molecule has 0 aliphatic rings. The predicted molar refractivity (Wildman–Crippen MR) is 101 cm³/mol. The summed E-state index contributed by atoms with van der Waals surface area (Å²) < 4.78 is 24.2. The van der Waals surface area contributed by atoms with Crippen LogP contribution in [-0.2, 0) is 6.54 Å². The van der Waals surface area contributed by atoms with Crippen LogP contribution in [0.15, 0.2) is 42.6 Å². The van der Waals surface area contributed by atoms with E-state index in [9.17, 15) is 4.39 Å². The average molecular weight is 390 g/mol. The number of methoxy groups -OCH3 is 2. The van der Waals surface area contributed by atoms with E-state index in [1.165, 1.54) is 26.5 Å². The third-order valence-corrected chi connectivity index (χ3v) is 3.99. The van der Waals surface area contributed by atoms with Crippen molar-refractivity contribution in [3.05, 3.63) is 59.0 Å². The van der Waals surface area contributed by atoms with Crippen molar-refractivity contribution in [2.24, 2.45) is 0 Å². The molecule has 140 valence electrons. The van der Waals surface area contributed by atoms with Crippen molar-refractivity contribution in [1.82, 2.24) is 15.2 Å². The first-order chi connectivity index (χ1) is 13.1.